The quantitative estimate of drug-likeness (QED) is 0.288. The van der Waals surface area contributed by atoms with Crippen LogP contribution in [0.5, 0.6) is 5.75 Å². The maximum absolute atomic E-state index is 12.7. The minimum atomic E-state index is -0.275. The first-order valence-corrected chi connectivity index (χ1v) is 12.2. The van der Waals surface area contributed by atoms with E-state index >= 15 is 0 Å². The number of nitrogens with zero attached hydrogens (tertiary/aromatic N) is 3. The summed E-state index contributed by atoms with van der Waals surface area (Å²) in [6, 6.07) is 20.8. The number of rotatable bonds is 8. The highest BCUT2D eigenvalue weighted by Gasteiger charge is 2.16. The van der Waals surface area contributed by atoms with E-state index in [2.05, 4.69) is 15.5 Å². The lowest BCUT2D eigenvalue weighted by atomic mass is 10.2. The summed E-state index contributed by atoms with van der Waals surface area (Å²) < 4.78 is 7.28. The number of aryl methyl sites for hydroxylation is 1. The van der Waals surface area contributed by atoms with Gasteiger partial charge in [0.2, 0.25) is 0 Å². The summed E-state index contributed by atoms with van der Waals surface area (Å²) in [5.41, 5.74) is 3.60. The Labute approximate surface area is 212 Å². The average Bonchev–Trinajstić information content (AvgIpc) is 3.26. The predicted octanol–water partition coefficient (Wildman–Crippen LogP) is 6.11. The molecule has 6 nitrogen and oxygen atoms in total. The number of nitrogens with one attached hydrogen (secondary N) is 1. The second-order valence-corrected chi connectivity index (χ2v) is 9.28. The number of carbonyl (C=O) groups is 1. The number of hydrogen-bond donors (Lipinski definition) is 1. The van der Waals surface area contributed by atoms with E-state index in [4.69, 9.17) is 27.9 Å². The van der Waals surface area contributed by atoms with Crippen LogP contribution in [-0.2, 0) is 12.3 Å². The molecule has 0 unspecified atom stereocenters. The molecule has 0 saturated heterocycles. The van der Waals surface area contributed by atoms with E-state index in [1.807, 2.05) is 60.0 Å². The Morgan fingerprint density at radius 2 is 1.82 bits per heavy atom. The molecule has 3 aromatic carbocycles. The lowest BCUT2D eigenvalue weighted by molar-refractivity contribution is 0.0949. The molecule has 0 aliphatic carbocycles. The number of halogens is 2. The Bertz CT molecular complexity index is 1310. The molecule has 34 heavy (non-hydrogen) atoms. The van der Waals surface area contributed by atoms with Crippen molar-refractivity contribution in [3.63, 3.8) is 0 Å². The van der Waals surface area contributed by atoms with Gasteiger partial charge in [0.15, 0.2) is 11.0 Å². The Kier molecular flexibility index (Phi) is 7.77. The van der Waals surface area contributed by atoms with E-state index in [1.165, 1.54) is 0 Å². The number of carbonyl (C=O) groups excluding carboxylic acids is 1. The Morgan fingerprint density at radius 1 is 1.03 bits per heavy atom. The Balaban J connectivity index is 1.56. The zero-order valence-corrected chi connectivity index (χ0v) is 20.9. The van der Waals surface area contributed by atoms with Crippen LogP contribution in [0.2, 0.25) is 10.0 Å². The van der Waals surface area contributed by atoms with Crippen LogP contribution in [0.15, 0.2) is 71.9 Å². The molecule has 0 radical (unpaired) electrons. The van der Waals surface area contributed by atoms with Crippen molar-refractivity contribution in [2.45, 2.75) is 24.4 Å². The van der Waals surface area contributed by atoms with Crippen molar-refractivity contribution in [1.29, 1.82) is 0 Å². The number of benzene rings is 3. The van der Waals surface area contributed by atoms with Crippen LogP contribution >= 0.6 is 35.0 Å². The van der Waals surface area contributed by atoms with E-state index in [1.54, 1.807) is 37.1 Å². The summed E-state index contributed by atoms with van der Waals surface area (Å²) in [6.45, 7) is 2.23. The SMILES string of the molecule is COc1cccc(CSc2nnc(CNC(=O)c3ccc(Cl)c(Cl)c3)n2-c2ccc(C)cc2)c1. The van der Waals surface area contributed by atoms with Gasteiger partial charge in [0, 0.05) is 17.0 Å². The van der Waals surface area contributed by atoms with Crippen LogP contribution < -0.4 is 10.1 Å². The van der Waals surface area contributed by atoms with Crippen molar-refractivity contribution < 1.29 is 9.53 Å². The van der Waals surface area contributed by atoms with Crippen molar-refractivity contribution in [3.05, 3.63) is 99.3 Å². The molecule has 174 valence electrons. The smallest absolute Gasteiger partial charge is 0.251 e. The largest absolute Gasteiger partial charge is 0.497 e. The molecule has 0 atom stereocenters. The first-order valence-electron chi connectivity index (χ1n) is 10.4. The van der Waals surface area contributed by atoms with Gasteiger partial charge in [-0.3, -0.25) is 9.36 Å². The maximum atomic E-state index is 12.7. The molecule has 1 heterocycles. The molecular formula is C25H22Cl2N4O2S. The third-order valence-electron chi connectivity index (χ3n) is 5.08. The number of amides is 1. The van der Waals surface area contributed by atoms with Gasteiger partial charge in [-0.05, 0) is 55.0 Å². The minimum absolute atomic E-state index is 0.194. The summed E-state index contributed by atoms with van der Waals surface area (Å²) >= 11 is 13.6. The zero-order chi connectivity index (χ0) is 24.1. The molecular weight excluding hydrogens is 491 g/mol. The monoisotopic (exact) mass is 512 g/mol. The molecule has 0 aliphatic heterocycles. The molecule has 9 heteroatoms. The van der Waals surface area contributed by atoms with Crippen molar-refractivity contribution in [1.82, 2.24) is 20.1 Å². The van der Waals surface area contributed by atoms with E-state index in [9.17, 15) is 4.79 Å². The highest BCUT2D eigenvalue weighted by Crippen LogP contribution is 2.27. The highest BCUT2D eigenvalue weighted by molar-refractivity contribution is 7.98. The molecule has 1 amide bonds. The molecule has 0 bridgehead atoms. The Morgan fingerprint density at radius 3 is 2.56 bits per heavy atom. The van der Waals surface area contributed by atoms with Gasteiger partial charge in [-0.15, -0.1) is 10.2 Å². The third kappa shape index (κ3) is 5.73. The second kappa shape index (κ2) is 11.0. The molecule has 4 aromatic rings. The fourth-order valence-electron chi connectivity index (χ4n) is 3.27. The van der Waals surface area contributed by atoms with Gasteiger partial charge in [-0.1, -0.05) is 64.8 Å². The van der Waals surface area contributed by atoms with Crippen LogP contribution in [0.1, 0.15) is 27.3 Å². The van der Waals surface area contributed by atoms with Crippen LogP contribution in [-0.4, -0.2) is 27.8 Å². The molecule has 0 aliphatic rings. The fourth-order valence-corrected chi connectivity index (χ4v) is 4.48. The lowest BCUT2D eigenvalue weighted by Gasteiger charge is -2.12. The molecule has 0 fully saturated rings. The summed E-state index contributed by atoms with van der Waals surface area (Å²) in [7, 11) is 1.65. The standard InChI is InChI=1S/C25H22Cl2N4O2S/c1-16-6-9-19(10-7-16)31-23(14-28-24(32)18-8-11-21(26)22(27)13-18)29-30-25(31)34-15-17-4-3-5-20(12-17)33-2/h3-13H,14-15H2,1-2H3,(H,28,32). The second-order valence-electron chi connectivity index (χ2n) is 7.52. The number of methoxy groups -OCH3 is 1. The first-order chi connectivity index (χ1) is 16.4. The number of thioether (sulfide) groups is 1. The lowest BCUT2D eigenvalue weighted by Crippen LogP contribution is -2.24. The summed E-state index contributed by atoms with van der Waals surface area (Å²) in [6.07, 6.45) is 0. The van der Waals surface area contributed by atoms with E-state index < -0.39 is 0 Å². The van der Waals surface area contributed by atoms with Crippen molar-refractivity contribution >= 4 is 40.9 Å². The highest BCUT2D eigenvalue weighted by atomic mass is 35.5. The molecule has 4 rings (SSSR count). The van der Waals surface area contributed by atoms with Crippen LogP contribution in [0.25, 0.3) is 5.69 Å². The van der Waals surface area contributed by atoms with Crippen LogP contribution in [0, 0.1) is 6.92 Å². The maximum Gasteiger partial charge on any atom is 0.251 e. The topological polar surface area (TPSA) is 69.0 Å². The van der Waals surface area contributed by atoms with Gasteiger partial charge >= 0.3 is 0 Å². The average molecular weight is 513 g/mol. The van der Waals surface area contributed by atoms with E-state index in [-0.39, 0.29) is 12.5 Å². The van der Waals surface area contributed by atoms with Crippen LogP contribution in [0.4, 0.5) is 0 Å². The van der Waals surface area contributed by atoms with Gasteiger partial charge in [-0.25, -0.2) is 0 Å². The minimum Gasteiger partial charge on any atom is -0.497 e. The third-order valence-corrected chi connectivity index (χ3v) is 6.82. The fraction of sp³-hybridized carbons (Fsp3) is 0.160. The molecule has 0 spiro atoms. The Hall–Kier alpha value is -3.00. The predicted molar refractivity (Wildman–Crippen MR) is 136 cm³/mol. The summed E-state index contributed by atoms with van der Waals surface area (Å²) in [4.78, 5) is 12.7. The molecule has 1 N–H and O–H groups in total. The van der Waals surface area contributed by atoms with Crippen molar-refractivity contribution in [3.8, 4) is 11.4 Å². The first kappa shape index (κ1) is 24.1. The van der Waals surface area contributed by atoms with E-state index in [0.29, 0.717) is 27.2 Å². The van der Waals surface area contributed by atoms with Crippen molar-refractivity contribution in [2.24, 2.45) is 0 Å². The molecule has 0 saturated carbocycles. The van der Waals surface area contributed by atoms with Crippen molar-refractivity contribution in [2.75, 3.05) is 7.11 Å². The summed E-state index contributed by atoms with van der Waals surface area (Å²) in [5, 5.41) is 13.1. The van der Waals surface area contributed by atoms with Crippen LogP contribution in [0.3, 0.4) is 0 Å². The van der Waals surface area contributed by atoms with Gasteiger partial charge in [0.1, 0.15) is 5.75 Å². The zero-order valence-electron chi connectivity index (χ0n) is 18.6. The van der Waals surface area contributed by atoms with E-state index in [0.717, 1.165) is 27.7 Å². The number of aromatic nitrogens is 3. The number of ether oxygens (including phenoxy) is 1. The molecule has 1 aromatic heterocycles. The number of hydrogen-bond acceptors (Lipinski definition) is 5. The van der Waals surface area contributed by atoms with Gasteiger partial charge < -0.3 is 10.1 Å². The van der Waals surface area contributed by atoms with Gasteiger partial charge in [-0.2, -0.15) is 0 Å². The van der Waals surface area contributed by atoms with Gasteiger partial charge in [0.05, 0.1) is 23.7 Å². The normalized spacial score (nSPS) is 10.8. The van der Waals surface area contributed by atoms with Gasteiger partial charge in [0.25, 0.3) is 5.91 Å². The summed E-state index contributed by atoms with van der Waals surface area (Å²) in [5.74, 6) is 1.84.